The number of nitrogens with zero attached hydrogens (tertiary/aromatic N) is 2. The van der Waals surface area contributed by atoms with E-state index in [0.29, 0.717) is 11.2 Å². The van der Waals surface area contributed by atoms with Crippen LogP contribution >= 0.6 is 0 Å². The molecular formula is C13H9F4N5. The van der Waals surface area contributed by atoms with Gasteiger partial charge in [0.15, 0.2) is 5.82 Å². The largest absolute Gasteiger partial charge is 0.433 e. The minimum Gasteiger partial charge on any atom is -0.396 e. The summed E-state index contributed by atoms with van der Waals surface area (Å²) in [6.45, 7) is 0. The molecule has 0 aliphatic carbocycles. The molecule has 0 unspecified atom stereocenters. The number of aromatic nitrogens is 3. The number of aromatic amines is 1. The first kappa shape index (κ1) is 14.1. The molecule has 114 valence electrons. The molecule has 2 heterocycles. The Labute approximate surface area is 121 Å². The number of nitrogens with one attached hydrogen (secondary N) is 2. The quantitative estimate of drug-likeness (QED) is 0.633. The molecule has 9 heteroatoms. The van der Waals surface area contributed by atoms with E-state index >= 15 is 0 Å². The summed E-state index contributed by atoms with van der Waals surface area (Å²) in [4.78, 5) is 3.45. The Balaban J connectivity index is 1.98. The lowest BCUT2D eigenvalue weighted by atomic mass is 10.2. The van der Waals surface area contributed by atoms with Crippen molar-refractivity contribution >= 4 is 28.1 Å². The van der Waals surface area contributed by atoms with E-state index in [1.165, 1.54) is 12.1 Å². The molecule has 0 amide bonds. The number of alkyl halides is 3. The van der Waals surface area contributed by atoms with Crippen LogP contribution in [0.4, 0.5) is 34.8 Å². The third kappa shape index (κ3) is 2.52. The molecule has 0 spiro atoms. The maximum Gasteiger partial charge on any atom is 0.433 e. The zero-order chi connectivity index (χ0) is 15.9. The summed E-state index contributed by atoms with van der Waals surface area (Å²) < 4.78 is 51.4. The van der Waals surface area contributed by atoms with Crippen molar-refractivity contribution in [1.82, 2.24) is 15.2 Å². The minimum atomic E-state index is -4.58. The predicted molar refractivity (Wildman–Crippen MR) is 73.0 cm³/mol. The summed E-state index contributed by atoms with van der Waals surface area (Å²) in [7, 11) is 0. The van der Waals surface area contributed by atoms with Crippen LogP contribution in [0.1, 0.15) is 5.69 Å². The van der Waals surface area contributed by atoms with E-state index in [1.54, 1.807) is 6.07 Å². The fraction of sp³-hybridized carbons (Fsp3) is 0.0769. The van der Waals surface area contributed by atoms with Gasteiger partial charge in [-0.25, -0.2) is 4.98 Å². The van der Waals surface area contributed by atoms with Crippen LogP contribution in [0.2, 0.25) is 0 Å². The molecule has 22 heavy (non-hydrogen) atoms. The molecule has 0 aliphatic heterocycles. The van der Waals surface area contributed by atoms with Gasteiger partial charge < -0.3 is 11.1 Å². The molecule has 1 aromatic carbocycles. The van der Waals surface area contributed by atoms with E-state index in [4.69, 9.17) is 5.73 Å². The Morgan fingerprint density at radius 3 is 2.64 bits per heavy atom. The molecule has 3 rings (SSSR count). The van der Waals surface area contributed by atoms with Gasteiger partial charge in [-0.15, -0.1) is 5.10 Å². The van der Waals surface area contributed by atoms with Crippen LogP contribution in [-0.4, -0.2) is 15.2 Å². The number of hydrogen-bond acceptors (Lipinski definition) is 4. The summed E-state index contributed by atoms with van der Waals surface area (Å²) in [5.41, 5.74) is 5.40. The van der Waals surface area contributed by atoms with Crippen LogP contribution in [0.25, 0.3) is 10.9 Å². The van der Waals surface area contributed by atoms with E-state index in [-0.39, 0.29) is 16.9 Å². The average molecular weight is 311 g/mol. The molecule has 3 aromatic rings. The first-order valence-electron chi connectivity index (χ1n) is 6.09. The van der Waals surface area contributed by atoms with Gasteiger partial charge in [0.1, 0.15) is 5.69 Å². The first-order valence-corrected chi connectivity index (χ1v) is 6.09. The lowest BCUT2D eigenvalue weighted by Crippen LogP contribution is -2.10. The molecular weight excluding hydrogens is 302 g/mol. The molecule has 2 aromatic heterocycles. The van der Waals surface area contributed by atoms with Crippen molar-refractivity contribution in [3.05, 3.63) is 42.0 Å². The summed E-state index contributed by atoms with van der Waals surface area (Å²) in [6.07, 6.45) is -4.58. The van der Waals surface area contributed by atoms with Crippen molar-refractivity contribution in [3.63, 3.8) is 0 Å². The van der Waals surface area contributed by atoms with Crippen LogP contribution in [0.5, 0.6) is 0 Å². The number of rotatable bonds is 2. The molecule has 0 saturated carbocycles. The molecule has 5 nitrogen and oxygen atoms in total. The average Bonchev–Trinajstić information content (AvgIpc) is 2.81. The van der Waals surface area contributed by atoms with E-state index in [9.17, 15) is 17.6 Å². The second-order valence-electron chi connectivity index (χ2n) is 4.53. The van der Waals surface area contributed by atoms with Gasteiger partial charge in [-0.2, -0.15) is 17.6 Å². The van der Waals surface area contributed by atoms with Gasteiger partial charge in [0.2, 0.25) is 5.95 Å². The third-order valence-corrected chi connectivity index (χ3v) is 3.00. The topological polar surface area (TPSA) is 79.6 Å². The third-order valence-electron chi connectivity index (χ3n) is 3.00. The number of H-pyrrole nitrogens is 1. The van der Waals surface area contributed by atoms with Gasteiger partial charge in [0, 0.05) is 5.69 Å². The van der Waals surface area contributed by atoms with Crippen molar-refractivity contribution < 1.29 is 17.6 Å². The van der Waals surface area contributed by atoms with Crippen LogP contribution in [0.3, 0.4) is 0 Å². The molecule has 0 aliphatic rings. The standard InChI is InChI=1S/C13H9F4N5/c14-11-7-5-6(1-3-9(7)21-22-11)19-12-8(18)2-4-10(20-12)13(15,16)17/h1-5H,18H2,(H,19,20)(H,21,22). The summed E-state index contributed by atoms with van der Waals surface area (Å²) in [6, 6.07) is 6.38. The van der Waals surface area contributed by atoms with Crippen molar-refractivity contribution in [3.8, 4) is 0 Å². The number of benzene rings is 1. The van der Waals surface area contributed by atoms with Crippen molar-refractivity contribution in [2.24, 2.45) is 0 Å². The van der Waals surface area contributed by atoms with Gasteiger partial charge in [0.25, 0.3) is 0 Å². The highest BCUT2D eigenvalue weighted by atomic mass is 19.4. The number of fused-ring (bicyclic) bond motifs is 1. The maximum atomic E-state index is 13.4. The molecule has 0 bridgehead atoms. The Morgan fingerprint density at radius 1 is 1.14 bits per heavy atom. The van der Waals surface area contributed by atoms with Crippen molar-refractivity contribution in [1.29, 1.82) is 0 Å². The smallest absolute Gasteiger partial charge is 0.396 e. The van der Waals surface area contributed by atoms with Gasteiger partial charge >= 0.3 is 6.18 Å². The maximum absolute atomic E-state index is 13.4. The van der Waals surface area contributed by atoms with E-state index in [1.807, 2.05) is 0 Å². The monoisotopic (exact) mass is 311 g/mol. The van der Waals surface area contributed by atoms with Crippen molar-refractivity contribution in [2.45, 2.75) is 6.18 Å². The summed E-state index contributed by atoms with van der Waals surface area (Å²) in [5, 5.41) is 8.73. The van der Waals surface area contributed by atoms with E-state index in [0.717, 1.165) is 12.1 Å². The highest BCUT2D eigenvalue weighted by molar-refractivity contribution is 5.84. The number of nitrogen functional groups attached to an aromatic ring is 1. The SMILES string of the molecule is Nc1ccc(C(F)(F)F)nc1Nc1ccc2[nH]nc(F)c2c1. The number of pyridine rings is 1. The second-order valence-corrected chi connectivity index (χ2v) is 4.53. The Bertz CT molecular complexity index is 840. The fourth-order valence-electron chi connectivity index (χ4n) is 1.92. The highest BCUT2D eigenvalue weighted by Crippen LogP contribution is 2.31. The van der Waals surface area contributed by atoms with Crippen LogP contribution in [-0.2, 0) is 6.18 Å². The van der Waals surface area contributed by atoms with Gasteiger partial charge in [-0.05, 0) is 30.3 Å². The summed E-state index contributed by atoms with van der Waals surface area (Å²) in [5.74, 6) is -0.860. The van der Waals surface area contributed by atoms with E-state index < -0.39 is 17.8 Å². The van der Waals surface area contributed by atoms with Crippen molar-refractivity contribution in [2.75, 3.05) is 11.1 Å². The number of halogens is 4. The molecule has 0 atom stereocenters. The van der Waals surface area contributed by atoms with Crippen LogP contribution in [0, 0.1) is 5.95 Å². The second kappa shape index (κ2) is 4.86. The highest BCUT2D eigenvalue weighted by Gasteiger charge is 2.32. The number of hydrogen-bond donors (Lipinski definition) is 3. The number of nitrogens with two attached hydrogens (primary N) is 1. The minimum absolute atomic E-state index is 0.0424. The molecule has 4 N–H and O–H groups in total. The zero-order valence-electron chi connectivity index (χ0n) is 10.9. The Kier molecular flexibility index (Phi) is 3.12. The van der Waals surface area contributed by atoms with Gasteiger partial charge in [-0.1, -0.05) is 0 Å². The Morgan fingerprint density at radius 2 is 1.91 bits per heavy atom. The van der Waals surface area contributed by atoms with Crippen LogP contribution in [0.15, 0.2) is 30.3 Å². The number of anilines is 3. The normalized spacial score (nSPS) is 11.8. The molecule has 0 fully saturated rings. The molecule has 0 saturated heterocycles. The lowest BCUT2D eigenvalue weighted by Gasteiger charge is -2.12. The Hall–Kier alpha value is -2.84. The molecule has 0 radical (unpaired) electrons. The first-order chi connectivity index (χ1) is 10.3. The fourth-order valence-corrected chi connectivity index (χ4v) is 1.92. The van der Waals surface area contributed by atoms with Gasteiger partial charge in [-0.3, -0.25) is 5.10 Å². The predicted octanol–water partition coefficient (Wildman–Crippen LogP) is 3.44. The lowest BCUT2D eigenvalue weighted by molar-refractivity contribution is -0.141. The summed E-state index contributed by atoms with van der Waals surface area (Å²) >= 11 is 0. The van der Waals surface area contributed by atoms with Crippen LogP contribution < -0.4 is 11.1 Å². The van der Waals surface area contributed by atoms with Gasteiger partial charge in [0.05, 0.1) is 16.6 Å². The zero-order valence-corrected chi connectivity index (χ0v) is 10.9. The van der Waals surface area contributed by atoms with E-state index in [2.05, 4.69) is 20.5 Å².